The van der Waals surface area contributed by atoms with Gasteiger partial charge in [0, 0.05) is 14.1 Å². The van der Waals surface area contributed by atoms with Crippen LogP contribution in [-0.4, -0.2) is 53.4 Å². The summed E-state index contributed by atoms with van der Waals surface area (Å²) in [6.07, 6.45) is 3.61. The summed E-state index contributed by atoms with van der Waals surface area (Å²) in [4.78, 5) is 40.0. The second-order valence-corrected chi connectivity index (χ2v) is 9.43. The summed E-state index contributed by atoms with van der Waals surface area (Å²) >= 11 is 1.22. The Labute approximate surface area is 201 Å². The maximum absolute atomic E-state index is 13.0. The molecule has 3 heterocycles. The van der Waals surface area contributed by atoms with Crippen LogP contribution in [0.1, 0.15) is 41.0 Å². The van der Waals surface area contributed by atoms with Gasteiger partial charge >= 0.3 is 5.69 Å². The van der Waals surface area contributed by atoms with Gasteiger partial charge in [0.15, 0.2) is 10.9 Å². The zero-order chi connectivity index (χ0) is 24.2. The van der Waals surface area contributed by atoms with Crippen LogP contribution in [0.2, 0.25) is 0 Å². The molecule has 0 amide bonds. The fourth-order valence-corrected chi connectivity index (χ4v) is 4.94. The van der Waals surface area contributed by atoms with Crippen LogP contribution in [0.5, 0.6) is 0 Å². The number of Topliss-reactive ketones (excluding diaryl/α,β-unsaturated/α-hetero) is 1. The summed E-state index contributed by atoms with van der Waals surface area (Å²) in [7, 11) is 2.77. The number of hydrogen-bond donors (Lipinski definition) is 1. The number of hydrogen-bond acceptors (Lipinski definition) is 8. The van der Waals surface area contributed by atoms with Crippen molar-refractivity contribution in [2.45, 2.75) is 37.5 Å². The van der Waals surface area contributed by atoms with E-state index in [0.29, 0.717) is 18.2 Å². The van der Waals surface area contributed by atoms with Crippen molar-refractivity contribution in [3.63, 3.8) is 0 Å². The third-order valence-electron chi connectivity index (χ3n) is 6.11. The first-order valence-electron chi connectivity index (χ1n) is 11.3. The quantitative estimate of drug-likeness (QED) is 0.376. The van der Waals surface area contributed by atoms with E-state index in [-0.39, 0.29) is 17.1 Å². The van der Waals surface area contributed by atoms with Crippen molar-refractivity contribution in [1.82, 2.24) is 28.8 Å². The average Bonchev–Trinajstić information content (AvgIpc) is 3.22. The van der Waals surface area contributed by atoms with Crippen LogP contribution in [0.15, 0.2) is 45.1 Å². The molecule has 0 unspecified atom stereocenters. The fourth-order valence-electron chi connectivity index (χ4n) is 4.11. The first-order chi connectivity index (χ1) is 16.4. The van der Waals surface area contributed by atoms with E-state index in [0.717, 1.165) is 33.6 Å². The molecule has 0 saturated carbocycles. The van der Waals surface area contributed by atoms with Crippen molar-refractivity contribution in [2.24, 2.45) is 14.1 Å². The standard InChI is InChI=1S/C23H29N7O3S/c1-27-20(24)19(21(32)28(2)23(27)33)17(31)15-34-22-26-25-18(14-29-11-7-4-8-12-29)30(22)13-16-9-5-3-6-10-16/h3,5-6,9-10H,4,7-8,11-15,24H2,1-2H3. The molecule has 3 aromatic rings. The molecule has 2 aromatic heterocycles. The number of benzene rings is 1. The number of ketones is 1. The lowest BCUT2D eigenvalue weighted by Gasteiger charge is -2.26. The van der Waals surface area contributed by atoms with Gasteiger partial charge in [-0.25, -0.2) is 4.79 Å². The smallest absolute Gasteiger partial charge is 0.332 e. The molecule has 180 valence electrons. The molecule has 34 heavy (non-hydrogen) atoms. The molecule has 1 aliphatic rings. The molecule has 4 rings (SSSR count). The summed E-state index contributed by atoms with van der Waals surface area (Å²) < 4.78 is 4.03. The summed E-state index contributed by atoms with van der Waals surface area (Å²) in [5.74, 6) is 0.216. The molecule has 0 atom stereocenters. The van der Waals surface area contributed by atoms with Gasteiger partial charge in [-0.1, -0.05) is 48.5 Å². The Hall–Kier alpha value is -3.18. The third-order valence-corrected chi connectivity index (χ3v) is 7.08. The molecule has 2 N–H and O–H groups in total. The summed E-state index contributed by atoms with van der Waals surface area (Å²) in [5.41, 5.74) is 5.60. The van der Waals surface area contributed by atoms with E-state index >= 15 is 0 Å². The maximum Gasteiger partial charge on any atom is 0.332 e. The molecule has 11 heteroatoms. The first-order valence-corrected chi connectivity index (χ1v) is 12.2. The zero-order valence-electron chi connectivity index (χ0n) is 19.4. The molecular formula is C23H29N7O3S. The highest BCUT2D eigenvalue weighted by Gasteiger charge is 2.23. The first kappa shape index (κ1) is 24.0. The van der Waals surface area contributed by atoms with Crippen molar-refractivity contribution in [2.75, 3.05) is 24.6 Å². The highest BCUT2D eigenvalue weighted by molar-refractivity contribution is 7.99. The molecular weight excluding hydrogens is 454 g/mol. The second-order valence-electron chi connectivity index (χ2n) is 8.49. The van der Waals surface area contributed by atoms with Crippen molar-refractivity contribution in [3.8, 4) is 0 Å². The van der Waals surface area contributed by atoms with Gasteiger partial charge in [0.05, 0.1) is 18.8 Å². The Bertz CT molecular complexity index is 1290. The maximum atomic E-state index is 13.0. The molecule has 0 radical (unpaired) electrons. The van der Waals surface area contributed by atoms with Gasteiger partial charge in [0.1, 0.15) is 17.2 Å². The second kappa shape index (κ2) is 10.4. The SMILES string of the molecule is Cn1c(N)c(C(=O)CSc2nnc(CN3CCCCC3)n2Cc2ccccc2)c(=O)n(C)c1=O. The monoisotopic (exact) mass is 483 g/mol. The van der Waals surface area contributed by atoms with E-state index in [2.05, 4.69) is 15.1 Å². The molecule has 1 aromatic carbocycles. The highest BCUT2D eigenvalue weighted by Crippen LogP contribution is 2.22. The van der Waals surface area contributed by atoms with Crippen LogP contribution in [0, 0.1) is 0 Å². The predicted molar refractivity (Wildman–Crippen MR) is 131 cm³/mol. The Morgan fingerprint density at radius 3 is 2.41 bits per heavy atom. The number of rotatable bonds is 8. The Morgan fingerprint density at radius 1 is 1.00 bits per heavy atom. The van der Waals surface area contributed by atoms with E-state index in [9.17, 15) is 14.4 Å². The topological polar surface area (TPSA) is 121 Å². The van der Waals surface area contributed by atoms with E-state index in [1.54, 1.807) is 0 Å². The Kier molecular flexibility index (Phi) is 7.32. The lowest BCUT2D eigenvalue weighted by molar-refractivity contribution is 0.102. The van der Waals surface area contributed by atoms with E-state index in [1.807, 2.05) is 34.9 Å². The van der Waals surface area contributed by atoms with E-state index in [4.69, 9.17) is 5.73 Å². The molecule has 1 saturated heterocycles. The number of carbonyl (C=O) groups is 1. The van der Waals surface area contributed by atoms with Gasteiger partial charge in [0.25, 0.3) is 5.56 Å². The number of nitrogens with two attached hydrogens (primary N) is 1. The normalized spacial score (nSPS) is 14.4. The van der Waals surface area contributed by atoms with Gasteiger partial charge < -0.3 is 10.3 Å². The largest absolute Gasteiger partial charge is 0.384 e. The number of nitrogens with zero attached hydrogens (tertiary/aromatic N) is 6. The molecule has 10 nitrogen and oxygen atoms in total. The highest BCUT2D eigenvalue weighted by atomic mass is 32.2. The summed E-state index contributed by atoms with van der Waals surface area (Å²) in [6.45, 7) is 3.35. The molecule has 0 aliphatic carbocycles. The van der Waals surface area contributed by atoms with Crippen LogP contribution in [0.3, 0.4) is 0 Å². The van der Waals surface area contributed by atoms with Crippen LogP contribution in [-0.2, 0) is 27.2 Å². The van der Waals surface area contributed by atoms with Crippen molar-refractivity contribution < 1.29 is 4.79 Å². The van der Waals surface area contributed by atoms with E-state index < -0.39 is 17.0 Å². The van der Waals surface area contributed by atoms with Gasteiger partial charge in [-0.3, -0.25) is 23.6 Å². The molecule has 0 spiro atoms. The van der Waals surface area contributed by atoms with Gasteiger partial charge in [-0.15, -0.1) is 10.2 Å². The minimum atomic E-state index is -0.692. The van der Waals surface area contributed by atoms with Crippen LogP contribution in [0.25, 0.3) is 0 Å². The minimum Gasteiger partial charge on any atom is -0.384 e. The number of anilines is 1. The summed E-state index contributed by atoms with van der Waals surface area (Å²) in [5, 5.41) is 9.40. The zero-order valence-corrected chi connectivity index (χ0v) is 20.3. The lowest BCUT2D eigenvalue weighted by atomic mass is 10.1. The average molecular weight is 484 g/mol. The van der Waals surface area contributed by atoms with Crippen molar-refractivity contribution in [3.05, 3.63) is 68.1 Å². The number of nitrogen functional groups attached to an aromatic ring is 1. The predicted octanol–water partition coefficient (Wildman–Crippen LogP) is 1.27. The molecule has 1 aliphatic heterocycles. The van der Waals surface area contributed by atoms with Gasteiger partial charge in [0.2, 0.25) is 0 Å². The number of likely N-dealkylation sites (tertiary alicyclic amines) is 1. The van der Waals surface area contributed by atoms with Gasteiger partial charge in [-0.2, -0.15) is 0 Å². The number of carbonyl (C=O) groups excluding carboxylic acids is 1. The van der Waals surface area contributed by atoms with Crippen LogP contribution in [0.4, 0.5) is 5.82 Å². The van der Waals surface area contributed by atoms with E-state index in [1.165, 1.54) is 45.1 Å². The van der Waals surface area contributed by atoms with Gasteiger partial charge in [-0.05, 0) is 31.5 Å². The molecule has 0 bridgehead atoms. The fraction of sp³-hybridized carbons (Fsp3) is 0.435. The summed E-state index contributed by atoms with van der Waals surface area (Å²) in [6, 6.07) is 10.0. The van der Waals surface area contributed by atoms with Crippen molar-refractivity contribution in [1.29, 1.82) is 0 Å². The van der Waals surface area contributed by atoms with Crippen LogP contribution < -0.4 is 17.0 Å². The van der Waals surface area contributed by atoms with Crippen LogP contribution >= 0.6 is 11.8 Å². The number of thioether (sulfide) groups is 1. The number of piperidine rings is 1. The lowest BCUT2D eigenvalue weighted by Crippen LogP contribution is -2.41. The van der Waals surface area contributed by atoms with Crippen molar-refractivity contribution >= 4 is 23.4 Å². The third kappa shape index (κ3) is 5.00. The Balaban J connectivity index is 1.58. The Morgan fingerprint density at radius 2 is 1.71 bits per heavy atom. The molecule has 1 fully saturated rings. The number of aromatic nitrogens is 5. The minimum absolute atomic E-state index is 0.0473.